The molecule has 140 valence electrons. The van der Waals surface area contributed by atoms with E-state index in [-0.39, 0.29) is 11.7 Å². The fourth-order valence-electron chi connectivity index (χ4n) is 2.73. The van der Waals surface area contributed by atoms with Crippen molar-refractivity contribution in [2.24, 2.45) is 5.92 Å². The molecular weight excluding hydrogens is 365 g/mol. The molecule has 0 bridgehead atoms. The zero-order valence-electron chi connectivity index (χ0n) is 14.2. The van der Waals surface area contributed by atoms with Gasteiger partial charge >= 0.3 is 6.18 Å². The van der Waals surface area contributed by atoms with Gasteiger partial charge in [0.2, 0.25) is 11.1 Å². The van der Waals surface area contributed by atoms with Gasteiger partial charge in [0.15, 0.2) is 5.82 Å². The lowest BCUT2D eigenvalue weighted by Crippen LogP contribution is -2.46. The van der Waals surface area contributed by atoms with E-state index < -0.39 is 24.7 Å². The van der Waals surface area contributed by atoms with Crippen molar-refractivity contribution < 1.29 is 18.0 Å². The van der Waals surface area contributed by atoms with Gasteiger partial charge in [-0.3, -0.25) is 9.89 Å². The average molecular weight is 384 g/mol. The van der Waals surface area contributed by atoms with Crippen molar-refractivity contribution in [3.8, 4) is 11.4 Å². The lowest BCUT2D eigenvalue weighted by Gasteiger charge is -2.30. The summed E-state index contributed by atoms with van der Waals surface area (Å²) in [5.74, 6) is 0.0514. The summed E-state index contributed by atoms with van der Waals surface area (Å²) in [6.07, 6.45) is -2.66. The van der Waals surface area contributed by atoms with Gasteiger partial charge in [0, 0.05) is 11.6 Å². The van der Waals surface area contributed by atoms with E-state index in [2.05, 4.69) is 15.2 Å². The molecule has 0 aliphatic heterocycles. The number of H-pyrrole nitrogens is 1. The van der Waals surface area contributed by atoms with Crippen molar-refractivity contribution in [2.45, 2.75) is 37.1 Å². The lowest BCUT2D eigenvalue weighted by molar-refractivity contribution is -0.164. The molecule has 1 N–H and O–H groups in total. The number of nitrogens with zero attached hydrogens (tertiary/aromatic N) is 3. The van der Waals surface area contributed by atoms with Crippen LogP contribution in [0.25, 0.3) is 11.4 Å². The van der Waals surface area contributed by atoms with Gasteiger partial charge in [0.1, 0.15) is 6.54 Å². The highest BCUT2D eigenvalue weighted by molar-refractivity contribution is 7.99. The lowest BCUT2D eigenvalue weighted by atomic mass is 10.2. The second-order valence-corrected chi connectivity index (χ2v) is 7.28. The van der Waals surface area contributed by atoms with Crippen LogP contribution in [0.5, 0.6) is 0 Å². The zero-order chi connectivity index (χ0) is 18.7. The molecule has 1 atom stereocenters. The second kappa shape index (κ2) is 7.69. The molecule has 1 aliphatic rings. The van der Waals surface area contributed by atoms with E-state index in [1.54, 1.807) is 6.92 Å². The monoisotopic (exact) mass is 384 g/mol. The highest BCUT2D eigenvalue weighted by Crippen LogP contribution is 2.36. The van der Waals surface area contributed by atoms with Gasteiger partial charge in [-0.05, 0) is 25.7 Å². The third-order valence-corrected chi connectivity index (χ3v) is 5.13. The van der Waals surface area contributed by atoms with Crippen molar-refractivity contribution in [1.82, 2.24) is 20.1 Å². The number of alkyl halides is 3. The number of rotatable bonds is 7. The molecule has 1 saturated carbocycles. The third kappa shape index (κ3) is 5.00. The SMILES string of the molecule is C[C@H](C1CC1)N(CC(F)(F)F)C(=O)CSc1n[nH]c(-c2ccccc2)n1. The number of hydrogen-bond donors (Lipinski definition) is 1. The first-order valence-electron chi connectivity index (χ1n) is 8.30. The molecule has 1 fully saturated rings. The molecule has 1 amide bonds. The van der Waals surface area contributed by atoms with Crippen molar-refractivity contribution >= 4 is 17.7 Å². The normalized spacial score (nSPS) is 15.7. The summed E-state index contributed by atoms with van der Waals surface area (Å²) < 4.78 is 38.5. The van der Waals surface area contributed by atoms with Crippen LogP contribution in [-0.2, 0) is 4.79 Å². The number of carbonyl (C=O) groups is 1. The Morgan fingerprint density at radius 3 is 2.65 bits per heavy atom. The maximum Gasteiger partial charge on any atom is 0.406 e. The summed E-state index contributed by atoms with van der Waals surface area (Å²) in [5, 5.41) is 7.14. The highest BCUT2D eigenvalue weighted by atomic mass is 32.2. The van der Waals surface area contributed by atoms with Crippen molar-refractivity contribution in [3.05, 3.63) is 30.3 Å². The average Bonchev–Trinajstić information content (AvgIpc) is 3.35. The van der Waals surface area contributed by atoms with Gasteiger partial charge in [-0.2, -0.15) is 13.2 Å². The van der Waals surface area contributed by atoms with Crippen molar-refractivity contribution in [2.75, 3.05) is 12.3 Å². The minimum Gasteiger partial charge on any atom is -0.330 e. The summed E-state index contributed by atoms with van der Waals surface area (Å²) in [5.41, 5.74) is 0.847. The van der Waals surface area contributed by atoms with Crippen LogP contribution >= 0.6 is 11.8 Å². The first-order chi connectivity index (χ1) is 12.3. The van der Waals surface area contributed by atoms with Crippen LogP contribution in [-0.4, -0.2) is 50.5 Å². The van der Waals surface area contributed by atoms with E-state index in [0.29, 0.717) is 11.0 Å². The fraction of sp³-hybridized carbons (Fsp3) is 0.471. The number of hydrogen-bond acceptors (Lipinski definition) is 4. The standard InChI is InChI=1S/C17H19F3N4OS/c1-11(12-7-8-12)24(10-17(18,19)20)14(25)9-26-16-21-15(22-23-16)13-5-3-2-4-6-13/h2-6,11-12H,7-10H2,1H3,(H,21,22,23)/t11-/m1/s1. The summed E-state index contributed by atoms with van der Waals surface area (Å²) in [7, 11) is 0. The van der Waals surface area contributed by atoms with Crippen molar-refractivity contribution in [1.29, 1.82) is 0 Å². The Labute approximate surface area is 153 Å². The zero-order valence-corrected chi connectivity index (χ0v) is 15.0. The number of halogens is 3. The third-order valence-electron chi connectivity index (χ3n) is 4.30. The smallest absolute Gasteiger partial charge is 0.330 e. The van der Waals surface area contributed by atoms with Crippen LogP contribution in [0.15, 0.2) is 35.5 Å². The number of aromatic amines is 1. The molecule has 2 aromatic rings. The molecule has 0 radical (unpaired) electrons. The van der Waals surface area contributed by atoms with Gasteiger partial charge < -0.3 is 4.90 Å². The fourth-order valence-corrected chi connectivity index (χ4v) is 3.42. The summed E-state index contributed by atoms with van der Waals surface area (Å²) >= 11 is 1.04. The molecule has 1 aliphatic carbocycles. The summed E-state index contributed by atoms with van der Waals surface area (Å²) in [6.45, 7) is 0.472. The maximum absolute atomic E-state index is 12.8. The van der Waals surface area contributed by atoms with Crippen LogP contribution in [0.2, 0.25) is 0 Å². The Kier molecular flexibility index (Phi) is 5.55. The summed E-state index contributed by atoms with van der Waals surface area (Å²) in [4.78, 5) is 17.6. The Balaban J connectivity index is 1.62. The molecule has 1 aromatic carbocycles. The summed E-state index contributed by atoms with van der Waals surface area (Å²) in [6, 6.07) is 8.93. The predicted molar refractivity (Wildman–Crippen MR) is 92.5 cm³/mol. The van der Waals surface area contributed by atoms with E-state index in [9.17, 15) is 18.0 Å². The highest BCUT2D eigenvalue weighted by Gasteiger charge is 2.40. The molecule has 26 heavy (non-hydrogen) atoms. The Bertz CT molecular complexity index is 746. The molecular formula is C17H19F3N4OS. The second-order valence-electron chi connectivity index (χ2n) is 6.34. The van der Waals surface area contributed by atoms with Crippen molar-refractivity contribution in [3.63, 3.8) is 0 Å². The van der Waals surface area contributed by atoms with E-state index >= 15 is 0 Å². The van der Waals surface area contributed by atoms with Crippen LogP contribution in [0, 0.1) is 5.92 Å². The number of nitrogens with one attached hydrogen (secondary N) is 1. The largest absolute Gasteiger partial charge is 0.406 e. The minimum absolute atomic E-state index is 0.126. The van der Waals surface area contributed by atoms with Gasteiger partial charge in [-0.25, -0.2) is 4.98 Å². The van der Waals surface area contributed by atoms with Gasteiger partial charge in [0.25, 0.3) is 0 Å². The van der Waals surface area contributed by atoms with Gasteiger partial charge in [-0.1, -0.05) is 42.1 Å². The molecule has 0 spiro atoms. The van der Waals surface area contributed by atoms with Crippen LogP contribution in [0.3, 0.4) is 0 Å². The molecule has 5 nitrogen and oxygen atoms in total. The number of amides is 1. The number of benzene rings is 1. The van der Waals surface area contributed by atoms with E-state index in [1.807, 2.05) is 30.3 Å². The quantitative estimate of drug-likeness (QED) is 0.739. The van der Waals surface area contributed by atoms with Crippen LogP contribution < -0.4 is 0 Å². The van der Waals surface area contributed by atoms with Gasteiger partial charge in [-0.15, -0.1) is 5.10 Å². The number of aromatic nitrogens is 3. The van der Waals surface area contributed by atoms with Gasteiger partial charge in [0.05, 0.1) is 5.75 Å². The van der Waals surface area contributed by atoms with E-state index in [0.717, 1.165) is 35.1 Å². The molecule has 1 heterocycles. The molecule has 0 unspecified atom stereocenters. The van der Waals surface area contributed by atoms with E-state index in [1.165, 1.54) is 0 Å². The van der Waals surface area contributed by atoms with E-state index in [4.69, 9.17) is 0 Å². The Hall–Kier alpha value is -2.03. The Morgan fingerprint density at radius 2 is 2.04 bits per heavy atom. The number of carbonyl (C=O) groups excluding carboxylic acids is 1. The van der Waals surface area contributed by atoms with Crippen LogP contribution in [0.4, 0.5) is 13.2 Å². The predicted octanol–water partition coefficient (Wildman–Crippen LogP) is 3.75. The molecule has 9 heteroatoms. The van der Waals surface area contributed by atoms with Crippen LogP contribution in [0.1, 0.15) is 19.8 Å². The molecule has 1 aromatic heterocycles. The molecule has 0 saturated heterocycles. The first-order valence-corrected chi connectivity index (χ1v) is 9.29. The first kappa shape index (κ1) is 18.8. The number of thioether (sulfide) groups is 1. The Morgan fingerprint density at radius 1 is 1.35 bits per heavy atom. The molecule has 3 rings (SSSR count). The maximum atomic E-state index is 12.8. The minimum atomic E-state index is -4.41. The topological polar surface area (TPSA) is 61.9 Å².